The van der Waals surface area contributed by atoms with Crippen LogP contribution in [-0.4, -0.2) is 25.6 Å². The van der Waals surface area contributed by atoms with Gasteiger partial charge in [-0.05, 0) is 25.6 Å². The minimum Gasteiger partial charge on any atom is -0.356 e. The molecule has 0 aromatic carbocycles. The molecule has 1 heterocycles. The van der Waals surface area contributed by atoms with Gasteiger partial charge in [0, 0.05) is 25.8 Å². The molecule has 0 fully saturated rings. The first kappa shape index (κ1) is 11.7. The fraction of sp³-hybridized carbons (Fsp3) is 0.417. The summed E-state index contributed by atoms with van der Waals surface area (Å²) >= 11 is 0. The molecule has 82 valence electrons. The Morgan fingerprint density at radius 2 is 2.33 bits per heavy atom. The van der Waals surface area contributed by atoms with Crippen molar-refractivity contribution in [1.29, 1.82) is 0 Å². The molecule has 0 aliphatic heterocycles. The molecule has 1 rings (SSSR count). The molecular formula is C12H19N3. The number of aromatic nitrogens is 1. The van der Waals surface area contributed by atoms with Gasteiger partial charge in [-0.2, -0.15) is 0 Å². The van der Waals surface area contributed by atoms with E-state index in [2.05, 4.69) is 34.8 Å². The number of likely N-dealkylation sites (N-methyl/N-ethyl adjacent to an activating group) is 1. The van der Waals surface area contributed by atoms with Crippen LogP contribution < -0.4 is 10.2 Å². The van der Waals surface area contributed by atoms with Crippen LogP contribution >= 0.6 is 0 Å². The van der Waals surface area contributed by atoms with Crippen molar-refractivity contribution in [2.45, 2.75) is 13.0 Å². The Hall–Kier alpha value is -1.35. The van der Waals surface area contributed by atoms with E-state index in [0.29, 0.717) is 6.04 Å². The third-order valence-electron chi connectivity index (χ3n) is 2.50. The van der Waals surface area contributed by atoms with Crippen molar-refractivity contribution in [1.82, 2.24) is 10.3 Å². The summed E-state index contributed by atoms with van der Waals surface area (Å²) in [6.07, 6.45) is 3.78. The summed E-state index contributed by atoms with van der Waals surface area (Å²) in [4.78, 5) is 6.46. The number of hydrogen-bond acceptors (Lipinski definition) is 3. The minimum absolute atomic E-state index is 0.344. The Bertz CT molecular complexity index is 305. The molecule has 0 saturated heterocycles. The molecular weight excluding hydrogens is 186 g/mol. The molecule has 1 unspecified atom stereocenters. The summed E-state index contributed by atoms with van der Waals surface area (Å²) in [7, 11) is 3.95. The summed E-state index contributed by atoms with van der Waals surface area (Å²) in [5, 5.41) is 3.19. The van der Waals surface area contributed by atoms with Crippen molar-refractivity contribution >= 4 is 5.82 Å². The SMILES string of the molecule is C=CCN(C)c1ccc(C(C)NC)cn1. The molecule has 0 bridgehead atoms. The van der Waals surface area contributed by atoms with E-state index in [1.54, 1.807) is 0 Å². The van der Waals surface area contributed by atoms with Gasteiger partial charge in [-0.3, -0.25) is 0 Å². The van der Waals surface area contributed by atoms with E-state index in [4.69, 9.17) is 0 Å². The minimum atomic E-state index is 0.344. The maximum absolute atomic E-state index is 4.40. The number of nitrogens with zero attached hydrogens (tertiary/aromatic N) is 2. The van der Waals surface area contributed by atoms with Gasteiger partial charge in [0.25, 0.3) is 0 Å². The van der Waals surface area contributed by atoms with Gasteiger partial charge in [0.1, 0.15) is 5.82 Å². The first-order valence-corrected chi connectivity index (χ1v) is 5.14. The molecule has 1 atom stereocenters. The lowest BCUT2D eigenvalue weighted by atomic mass is 10.1. The smallest absolute Gasteiger partial charge is 0.128 e. The second-order valence-corrected chi connectivity index (χ2v) is 3.63. The lowest BCUT2D eigenvalue weighted by molar-refractivity contribution is 0.649. The second-order valence-electron chi connectivity index (χ2n) is 3.63. The quantitative estimate of drug-likeness (QED) is 0.745. The molecule has 0 radical (unpaired) electrons. The third kappa shape index (κ3) is 3.06. The van der Waals surface area contributed by atoms with Crippen molar-refractivity contribution in [2.24, 2.45) is 0 Å². The van der Waals surface area contributed by atoms with E-state index in [1.165, 1.54) is 5.56 Å². The fourth-order valence-corrected chi connectivity index (χ4v) is 1.33. The van der Waals surface area contributed by atoms with Crippen LogP contribution in [0.4, 0.5) is 5.82 Å². The highest BCUT2D eigenvalue weighted by Crippen LogP contribution is 2.14. The summed E-state index contributed by atoms with van der Waals surface area (Å²) < 4.78 is 0. The van der Waals surface area contributed by atoms with Crippen LogP contribution in [-0.2, 0) is 0 Å². The van der Waals surface area contributed by atoms with Gasteiger partial charge in [0.15, 0.2) is 0 Å². The molecule has 0 aliphatic carbocycles. The van der Waals surface area contributed by atoms with Gasteiger partial charge in [-0.1, -0.05) is 12.1 Å². The number of anilines is 1. The zero-order valence-electron chi connectivity index (χ0n) is 9.70. The topological polar surface area (TPSA) is 28.2 Å². The van der Waals surface area contributed by atoms with Crippen LogP contribution in [0.2, 0.25) is 0 Å². The van der Waals surface area contributed by atoms with Gasteiger partial charge >= 0.3 is 0 Å². The zero-order chi connectivity index (χ0) is 11.3. The largest absolute Gasteiger partial charge is 0.356 e. The Balaban J connectivity index is 2.75. The van der Waals surface area contributed by atoms with Crippen LogP contribution in [0.1, 0.15) is 18.5 Å². The van der Waals surface area contributed by atoms with Crippen molar-refractivity contribution in [3.63, 3.8) is 0 Å². The van der Waals surface area contributed by atoms with Crippen molar-refractivity contribution in [3.8, 4) is 0 Å². The predicted octanol–water partition coefficient (Wildman–Crippen LogP) is 1.98. The fourth-order valence-electron chi connectivity index (χ4n) is 1.33. The second kappa shape index (κ2) is 5.51. The molecule has 0 amide bonds. The van der Waals surface area contributed by atoms with E-state index in [-0.39, 0.29) is 0 Å². The summed E-state index contributed by atoms with van der Waals surface area (Å²) in [6.45, 7) is 6.63. The van der Waals surface area contributed by atoms with Gasteiger partial charge in [0.05, 0.1) is 0 Å². The maximum Gasteiger partial charge on any atom is 0.128 e. The van der Waals surface area contributed by atoms with Crippen LogP contribution in [0.15, 0.2) is 31.0 Å². The molecule has 1 aromatic heterocycles. The molecule has 0 saturated carbocycles. The van der Waals surface area contributed by atoms with E-state index in [9.17, 15) is 0 Å². The van der Waals surface area contributed by atoms with E-state index >= 15 is 0 Å². The van der Waals surface area contributed by atoms with E-state index in [1.807, 2.05) is 32.4 Å². The summed E-state index contributed by atoms with van der Waals surface area (Å²) in [5.74, 6) is 0.974. The average Bonchev–Trinajstić information content (AvgIpc) is 2.28. The molecule has 3 heteroatoms. The lowest BCUT2D eigenvalue weighted by Gasteiger charge is -2.17. The maximum atomic E-state index is 4.40. The number of pyridine rings is 1. The van der Waals surface area contributed by atoms with E-state index < -0.39 is 0 Å². The van der Waals surface area contributed by atoms with Gasteiger partial charge < -0.3 is 10.2 Å². The van der Waals surface area contributed by atoms with Crippen LogP contribution in [0.25, 0.3) is 0 Å². The molecule has 1 N–H and O–H groups in total. The molecule has 1 aromatic rings. The number of rotatable bonds is 5. The first-order chi connectivity index (χ1) is 7.19. The summed E-state index contributed by atoms with van der Waals surface area (Å²) in [6, 6.07) is 4.48. The Labute approximate surface area is 91.8 Å². The van der Waals surface area contributed by atoms with Gasteiger partial charge in [-0.15, -0.1) is 6.58 Å². The van der Waals surface area contributed by atoms with Gasteiger partial charge in [-0.25, -0.2) is 4.98 Å². The normalized spacial score (nSPS) is 12.2. The highest BCUT2D eigenvalue weighted by molar-refractivity contribution is 5.39. The monoisotopic (exact) mass is 205 g/mol. The van der Waals surface area contributed by atoms with E-state index in [0.717, 1.165) is 12.4 Å². The molecule has 15 heavy (non-hydrogen) atoms. The molecule has 0 spiro atoms. The van der Waals surface area contributed by atoms with Crippen molar-refractivity contribution < 1.29 is 0 Å². The Morgan fingerprint density at radius 1 is 1.60 bits per heavy atom. The zero-order valence-corrected chi connectivity index (χ0v) is 9.70. The number of hydrogen-bond donors (Lipinski definition) is 1. The lowest BCUT2D eigenvalue weighted by Crippen LogP contribution is -2.18. The third-order valence-corrected chi connectivity index (χ3v) is 2.50. The molecule has 0 aliphatic rings. The highest BCUT2D eigenvalue weighted by atomic mass is 15.1. The van der Waals surface area contributed by atoms with Crippen molar-refractivity contribution in [2.75, 3.05) is 25.5 Å². The first-order valence-electron chi connectivity index (χ1n) is 5.14. The Morgan fingerprint density at radius 3 is 2.80 bits per heavy atom. The standard InChI is InChI=1S/C12H19N3/c1-5-8-15(4)12-7-6-11(9-14-12)10(2)13-3/h5-7,9-10,13H,1,8H2,2-4H3. The van der Waals surface area contributed by atoms with Crippen LogP contribution in [0.3, 0.4) is 0 Å². The number of nitrogens with one attached hydrogen (secondary N) is 1. The van der Waals surface area contributed by atoms with Crippen LogP contribution in [0.5, 0.6) is 0 Å². The van der Waals surface area contributed by atoms with Crippen molar-refractivity contribution in [3.05, 3.63) is 36.5 Å². The predicted molar refractivity (Wildman–Crippen MR) is 65.2 cm³/mol. The Kier molecular flexibility index (Phi) is 4.31. The highest BCUT2D eigenvalue weighted by Gasteiger charge is 2.04. The van der Waals surface area contributed by atoms with Gasteiger partial charge in [0.2, 0.25) is 0 Å². The molecule has 3 nitrogen and oxygen atoms in total. The summed E-state index contributed by atoms with van der Waals surface area (Å²) in [5.41, 5.74) is 1.20. The van der Waals surface area contributed by atoms with Crippen LogP contribution in [0, 0.1) is 0 Å². The average molecular weight is 205 g/mol.